The fourth-order valence-corrected chi connectivity index (χ4v) is 2.72. The molecule has 1 aliphatic heterocycles. The standard InChI is InChI=1S/C15H26N4O/c1-12(2)10-19-15(17-11-18-19)8-14(20)6-5-13-4-3-7-16-9-13/h11-13,16H,3-10H2,1-2H3. The van der Waals surface area contributed by atoms with Crippen LogP contribution in [0.25, 0.3) is 0 Å². The van der Waals surface area contributed by atoms with Crippen LogP contribution < -0.4 is 5.32 Å². The van der Waals surface area contributed by atoms with Crippen molar-refractivity contribution in [3.63, 3.8) is 0 Å². The number of nitrogens with zero attached hydrogens (tertiary/aromatic N) is 3. The van der Waals surface area contributed by atoms with Gasteiger partial charge in [0.15, 0.2) is 0 Å². The Balaban J connectivity index is 1.77. The van der Waals surface area contributed by atoms with Crippen LogP contribution in [-0.2, 0) is 17.8 Å². The molecule has 0 saturated carbocycles. The third-order valence-corrected chi connectivity index (χ3v) is 3.82. The SMILES string of the molecule is CC(C)Cn1ncnc1CC(=O)CCC1CCCNC1. The van der Waals surface area contributed by atoms with E-state index in [1.165, 1.54) is 12.8 Å². The molecule has 5 nitrogen and oxygen atoms in total. The van der Waals surface area contributed by atoms with Gasteiger partial charge in [0.2, 0.25) is 0 Å². The van der Waals surface area contributed by atoms with Crippen LogP contribution in [-0.4, -0.2) is 33.6 Å². The van der Waals surface area contributed by atoms with E-state index in [1.54, 1.807) is 6.33 Å². The van der Waals surface area contributed by atoms with E-state index in [2.05, 4.69) is 29.2 Å². The summed E-state index contributed by atoms with van der Waals surface area (Å²) in [6.45, 7) is 7.31. The molecule has 0 spiro atoms. The Morgan fingerprint density at radius 1 is 1.55 bits per heavy atom. The van der Waals surface area contributed by atoms with E-state index in [0.717, 1.165) is 31.9 Å². The molecule has 0 amide bonds. The average molecular weight is 278 g/mol. The topological polar surface area (TPSA) is 59.8 Å². The van der Waals surface area contributed by atoms with Crippen molar-refractivity contribution in [2.45, 2.75) is 52.5 Å². The molecule has 1 atom stereocenters. The van der Waals surface area contributed by atoms with Gasteiger partial charge in [0.1, 0.15) is 17.9 Å². The van der Waals surface area contributed by atoms with Gasteiger partial charge in [-0.3, -0.25) is 4.79 Å². The molecule has 1 unspecified atom stereocenters. The van der Waals surface area contributed by atoms with Gasteiger partial charge < -0.3 is 5.32 Å². The van der Waals surface area contributed by atoms with Crippen LogP contribution in [0.1, 0.15) is 45.4 Å². The molecule has 1 aromatic rings. The molecule has 5 heteroatoms. The van der Waals surface area contributed by atoms with Crippen LogP contribution in [0.5, 0.6) is 0 Å². The second-order valence-corrected chi connectivity index (χ2v) is 6.22. The lowest BCUT2D eigenvalue weighted by molar-refractivity contribution is -0.118. The van der Waals surface area contributed by atoms with Gasteiger partial charge in [-0.2, -0.15) is 5.10 Å². The van der Waals surface area contributed by atoms with Crippen molar-refractivity contribution in [3.8, 4) is 0 Å². The summed E-state index contributed by atoms with van der Waals surface area (Å²) in [5.74, 6) is 2.28. The lowest BCUT2D eigenvalue weighted by Crippen LogP contribution is -2.30. The van der Waals surface area contributed by atoms with Crippen molar-refractivity contribution in [3.05, 3.63) is 12.2 Å². The van der Waals surface area contributed by atoms with Crippen LogP contribution in [0.2, 0.25) is 0 Å². The number of carbonyl (C=O) groups excluding carboxylic acids is 1. The van der Waals surface area contributed by atoms with Gasteiger partial charge in [0.05, 0.1) is 6.42 Å². The Labute approximate surface area is 121 Å². The van der Waals surface area contributed by atoms with E-state index in [0.29, 0.717) is 24.7 Å². The molecule has 2 rings (SSSR count). The number of piperidine rings is 1. The quantitative estimate of drug-likeness (QED) is 0.826. The average Bonchev–Trinajstić information content (AvgIpc) is 2.84. The van der Waals surface area contributed by atoms with Crippen LogP contribution in [0, 0.1) is 11.8 Å². The number of aromatic nitrogens is 3. The summed E-state index contributed by atoms with van der Waals surface area (Å²) in [6.07, 6.45) is 6.14. The number of Topliss-reactive ketones (excluding diaryl/α,β-unsaturated/α-hetero) is 1. The fourth-order valence-electron chi connectivity index (χ4n) is 2.72. The predicted octanol–water partition coefficient (Wildman–Crippen LogP) is 1.83. The number of rotatable bonds is 7. The monoisotopic (exact) mass is 278 g/mol. The van der Waals surface area contributed by atoms with Gasteiger partial charge in [-0.05, 0) is 44.2 Å². The van der Waals surface area contributed by atoms with Crippen LogP contribution in [0.3, 0.4) is 0 Å². The molecule has 0 aliphatic carbocycles. The Bertz CT molecular complexity index is 421. The smallest absolute Gasteiger partial charge is 0.140 e. The number of carbonyl (C=O) groups is 1. The maximum atomic E-state index is 12.1. The summed E-state index contributed by atoms with van der Waals surface area (Å²) in [4.78, 5) is 16.3. The highest BCUT2D eigenvalue weighted by atomic mass is 16.1. The molecule has 1 fully saturated rings. The molecule has 1 saturated heterocycles. The summed E-state index contributed by atoms with van der Waals surface area (Å²) in [7, 11) is 0. The molecule has 0 bridgehead atoms. The van der Waals surface area contributed by atoms with Gasteiger partial charge in [-0.15, -0.1) is 0 Å². The third kappa shape index (κ3) is 4.71. The molecule has 1 aliphatic rings. The highest BCUT2D eigenvalue weighted by Crippen LogP contribution is 2.16. The van der Waals surface area contributed by atoms with Crippen molar-refractivity contribution in [2.24, 2.45) is 11.8 Å². The van der Waals surface area contributed by atoms with Gasteiger partial charge in [0.25, 0.3) is 0 Å². The van der Waals surface area contributed by atoms with Gasteiger partial charge in [-0.25, -0.2) is 9.67 Å². The Hall–Kier alpha value is -1.23. The second-order valence-electron chi connectivity index (χ2n) is 6.22. The molecular weight excluding hydrogens is 252 g/mol. The first kappa shape index (κ1) is 15.2. The minimum absolute atomic E-state index is 0.286. The first-order chi connectivity index (χ1) is 9.65. The maximum absolute atomic E-state index is 12.1. The zero-order valence-electron chi connectivity index (χ0n) is 12.6. The largest absolute Gasteiger partial charge is 0.316 e. The molecule has 112 valence electrons. The Morgan fingerprint density at radius 3 is 3.10 bits per heavy atom. The maximum Gasteiger partial charge on any atom is 0.140 e. The van der Waals surface area contributed by atoms with Crippen molar-refractivity contribution in [1.82, 2.24) is 20.1 Å². The number of hydrogen-bond donors (Lipinski definition) is 1. The lowest BCUT2D eigenvalue weighted by Gasteiger charge is -2.22. The molecule has 0 radical (unpaired) electrons. The number of nitrogens with one attached hydrogen (secondary N) is 1. The molecule has 1 N–H and O–H groups in total. The van der Waals surface area contributed by atoms with Crippen LogP contribution in [0.4, 0.5) is 0 Å². The first-order valence-electron chi connectivity index (χ1n) is 7.74. The minimum Gasteiger partial charge on any atom is -0.316 e. The molecular formula is C15H26N4O. The Kier molecular flexibility index (Phi) is 5.71. The van der Waals surface area contributed by atoms with E-state index in [-0.39, 0.29) is 5.78 Å². The fraction of sp³-hybridized carbons (Fsp3) is 0.800. The molecule has 20 heavy (non-hydrogen) atoms. The summed E-state index contributed by atoms with van der Waals surface area (Å²) < 4.78 is 1.87. The first-order valence-corrected chi connectivity index (χ1v) is 7.74. The second kappa shape index (κ2) is 7.53. The van der Waals surface area contributed by atoms with Crippen molar-refractivity contribution >= 4 is 5.78 Å². The Morgan fingerprint density at radius 2 is 2.40 bits per heavy atom. The molecule has 1 aromatic heterocycles. The van der Waals surface area contributed by atoms with E-state index in [1.807, 2.05) is 4.68 Å². The summed E-state index contributed by atoms with van der Waals surface area (Å²) in [6, 6.07) is 0. The number of ketones is 1. The molecule has 0 aromatic carbocycles. The summed E-state index contributed by atoms with van der Waals surface area (Å²) >= 11 is 0. The van der Waals surface area contributed by atoms with Crippen molar-refractivity contribution in [2.75, 3.05) is 13.1 Å². The van der Waals surface area contributed by atoms with Gasteiger partial charge in [0, 0.05) is 13.0 Å². The van der Waals surface area contributed by atoms with E-state index >= 15 is 0 Å². The van der Waals surface area contributed by atoms with Gasteiger partial charge >= 0.3 is 0 Å². The van der Waals surface area contributed by atoms with Crippen LogP contribution >= 0.6 is 0 Å². The summed E-state index contributed by atoms with van der Waals surface area (Å²) in [5, 5.41) is 7.60. The van der Waals surface area contributed by atoms with E-state index in [9.17, 15) is 4.79 Å². The highest BCUT2D eigenvalue weighted by Gasteiger charge is 2.16. The van der Waals surface area contributed by atoms with E-state index in [4.69, 9.17) is 0 Å². The van der Waals surface area contributed by atoms with Crippen LogP contribution in [0.15, 0.2) is 6.33 Å². The van der Waals surface area contributed by atoms with Crippen molar-refractivity contribution in [1.29, 1.82) is 0 Å². The predicted molar refractivity (Wildman–Crippen MR) is 78.4 cm³/mol. The highest BCUT2D eigenvalue weighted by molar-refractivity contribution is 5.80. The normalized spacial score (nSPS) is 19.4. The zero-order chi connectivity index (χ0) is 14.4. The van der Waals surface area contributed by atoms with Gasteiger partial charge in [-0.1, -0.05) is 13.8 Å². The third-order valence-electron chi connectivity index (χ3n) is 3.82. The molecule has 2 heterocycles. The van der Waals surface area contributed by atoms with Crippen molar-refractivity contribution < 1.29 is 4.79 Å². The summed E-state index contributed by atoms with van der Waals surface area (Å²) in [5.41, 5.74) is 0. The minimum atomic E-state index is 0.286. The lowest BCUT2D eigenvalue weighted by atomic mass is 9.93. The number of hydrogen-bond acceptors (Lipinski definition) is 4. The van der Waals surface area contributed by atoms with E-state index < -0.39 is 0 Å². The zero-order valence-corrected chi connectivity index (χ0v) is 12.6.